The van der Waals surface area contributed by atoms with E-state index >= 15 is 0 Å². The first-order chi connectivity index (χ1) is 29.2. The van der Waals surface area contributed by atoms with Gasteiger partial charge in [-0.1, -0.05) is 133 Å². The summed E-state index contributed by atoms with van der Waals surface area (Å²) < 4.78 is 15.5. The monoisotopic (exact) mass is 771 g/mol. The van der Waals surface area contributed by atoms with Crippen molar-refractivity contribution < 1.29 is 8.83 Å². The van der Waals surface area contributed by atoms with Gasteiger partial charge in [-0.15, -0.1) is 11.3 Å². The first-order valence-corrected chi connectivity index (χ1v) is 20.5. The van der Waals surface area contributed by atoms with Gasteiger partial charge in [0, 0.05) is 64.0 Å². The van der Waals surface area contributed by atoms with Gasteiger partial charge in [-0.05, 0) is 69.6 Å². The number of hydrogen-bond donors (Lipinski definition) is 0. The molecule has 0 unspecified atom stereocenters. The van der Waals surface area contributed by atoms with Crippen molar-refractivity contribution in [2.45, 2.75) is 0 Å². The lowest BCUT2D eigenvalue weighted by Crippen LogP contribution is -2.00. The summed E-state index contributed by atoms with van der Waals surface area (Å²) in [6.07, 6.45) is 0. The molecule has 0 bridgehead atoms. The summed E-state index contributed by atoms with van der Waals surface area (Å²) in [5, 5.41) is 11.1. The second-order valence-electron chi connectivity index (χ2n) is 15.1. The maximum absolute atomic E-state index is 6.78. The van der Waals surface area contributed by atoms with Gasteiger partial charge < -0.3 is 8.83 Å². The lowest BCUT2D eigenvalue weighted by Gasteiger charge is -2.11. The van der Waals surface area contributed by atoms with Crippen LogP contribution in [0.2, 0.25) is 0 Å². The first kappa shape index (κ1) is 32.4. The normalized spacial score (nSPS) is 12.1. The Morgan fingerprint density at radius 1 is 0.339 bits per heavy atom. The van der Waals surface area contributed by atoms with E-state index < -0.39 is 0 Å². The zero-order valence-electron chi connectivity index (χ0n) is 31.3. The van der Waals surface area contributed by atoms with Crippen molar-refractivity contribution in [2.24, 2.45) is 0 Å². The lowest BCUT2D eigenvalue weighted by atomic mass is 9.98. The average molecular weight is 772 g/mol. The molecule has 0 amide bonds. The maximum atomic E-state index is 6.78. The molecule has 0 N–H and O–H groups in total. The van der Waals surface area contributed by atoms with E-state index in [2.05, 4.69) is 152 Å². The van der Waals surface area contributed by atoms with Crippen LogP contribution >= 0.6 is 11.3 Å². The van der Waals surface area contributed by atoms with Gasteiger partial charge >= 0.3 is 0 Å². The van der Waals surface area contributed by atoms with Crippen LogP contribution in [-0.2, 0) is 0 Å². The van der Waals surface area contributed by atoms with Crippen LogP contribution in [0.15, 0.2) is 185 Å². The minimum atomic E-state index is 0.581. The molecule has 0 fully saturated rings. The fraction of sp³-hybridized carbons (Fsp3) is 0. The van der Waals surface area contributed by atoms with Crippen LogP contribution in [0.3, 0.4) is 0 Å². The molecule has 13 aromatic rings. The third kappa shape index (κ3) is 4.94. The molecular formula is C53H29N3O2S. The number of hydrogen-bond acceptors (Lipinski definition) is 6. The van der Waals surface area contributed by atoms with Crippen LogP contribution in [0.1, 0.15) is 0 Å². The van der Waals surface area contributed by atoms with E-state index in [1.807, 2.05) is 24.3 Å². The molecule has 5 nitrogen and oxygen atoms in total. The van der Waals surface area contributed by atoms with Gasteiger partial charge in [0.2, 0.25) is 0 Å². The topological polar surface area (TPSA) is 65.0 Å². The molecule has 6 heteroatoms. The molecule has 0 aliphatic rings. The SMILES string of the molecule is c1ccc2cc(-c3cccc4c3oc3cccc(-c5nc(-c6ccc7ccc8oc9ccccc9c8c7c6)nc(-c6cccc7sc8ccccc8c67)n5)c34)ccc2c1. The van der Waals surface area contributed by atoms with Crippen molar-refractivity contribution >= 4 is 96.9 Å². The van der Waals surface area contributed by atoms with E-state index in [1.165, 1.54) is 25.6 Å². The number of fused-ring (bicyclic) bond motifs is 12. The van der Waals surface area contributed by atoms with Crippen molar-refractivity contribution in [3.63, 3.8) is 0 Å². The number of benzene rings is 9. The Bertz CT molecular complexity index is 3870. The highest BCUT2D eigenvalue weighted by molar-refractivity contribution is 7.25. The van der Waals surface area contributed by atoms with Crippen molar-refractivity contribution in [1.82, 2.24) is 15.0 Å². The van der Waals surface area contributed by atoms with Gasteiger partial charge in [0.25, 0.3) is 0 Å². The fourth-order valence-corrected chi connectivity index (χ4v) is 10.1. The standard InChI is InChI=1S/C53H29N3O2S/c1-2-11-32-28-33(24-22-30(32)10-1)35-14-7-15-38-48-39(16-8-19-43(48)58-50(35)38)52-54-51(55-53(56-52)40-17-9-21-46-49(40)37-13-4-6-20-45(37)59-46)34-25-23-31-26-27-44-47(41(31)29-34)36-12-3-5-18-42(36)57-44/h1-29H. The highest BCUT2D eigenvalue weighted by Gasteiger charge is 2.22. The molecule has 13 rings (SSSR count). The Kier molecular flexibility index (Phi) is 6.82. The molecule has 0 aliphatic heterocycles. The van der Waals surface area contributed by atoms with Crippen LogP contribution in [-0.4, -0.2) is 15.0 Å². The Morgan fingerprint density at radius 3 is 1.88 bits per heavy atom. The summed E-state index contributed by atoms with van der Waals surface area (Å²) in [6, 6.07) is 61.4. The van der Waals surface area contributed by atoms with Crippen LogP contribution in [0.4, 0.5) is 0 Å². The zero-order chi connectivity index (χ0) is 38.6. The van der Waals surface area contributed by atoms with Gasteiger partial charge in [0.15, 0.2) is 17.5 Å². The van der Waals surface area contributed by atoms with Crippen LogP contribution in [0, 0.1) is 0 Å². The number of para-hydroxylation sites is 2. The second kappa shape index (κ2) is 12.4. The van der Waals surface area contributed by atoms with Crippen LogP contribution in [0.25, 0.3) is 131 Å². The summed E-state index contributed by atoms with van der Waals surface area (Å²) >= 11 is 1.79. The molecule has 0 spiro atoms. The summed E-state index contributed by atoms with van der Waals surface area (Å²) in [7, 11) is 0. The summed E-state index contributed by atoms with van der Waals surface area (Å²) in [4.78, 5) is 16.0. The Hall–Kier alpha value is -7.67. The summed E-state index contributed by atoms with van der Waals surface area (Å²) in [6.45, 7) is 0. The third-order valence-corrected chi connectivity index (χ3v) is 12.9. The van der Waals surface area contributed by atoms with Gasteiger partial charge in [-0.25, -0.2) is 15.0 Å². The van der Waals surface area contributed by atoms with Crippen molar-refractivity contribution in [3.05, 3.63) is 176 Å². The van der Waals surface area contributed by atoms with Gasteiger partial charge in [0.05, 0.1) is 0 Å². The lowest BCUT2D eigenvalue weighted by molar-refractivity contribution is 0.669. The summed E-state index contributed by atoms with van der Waals surface area (Å²) in [5.74, 6) is 1.79. The number of thiophene rings is 1. The molecule has 274 valence electrons. The summed E-state index contributed by atoms with van der Waals surface area (Å²) in [5.41, 5.74) is 8.22. The molecule has 0 radical (unpaired) electrons. The van der Waals surface area contributed by atoms with Crippen molar-refractivity contribution in [1.29, 1.82) is 0 Å². The fourth-order valence-electron chi connectivity index (χ4n) is 9.01. The van der Waals surface area contributed by atoms with Crippen molar-refractivity contribution in [2.75, 3.05) is 0 Å². The molecular weight excluding hydrogens is 743 g/mol. The molecule has 59 heavy (non-hydrogen) atoms. The number of furan rings is 2. The van der Waals surface area contributed by atoms with E-state index in [1.54, 1.807) is 11.3 Å². The van der Waals surface area contributed by atoms with Gasteiger partial charge in [-0.2, -0.15) is 0 Å². The third-order valence-electron chi connectivity index (χ3n) is 11.7. The van der Waals surface area contributed by atoms with E-state index in [9.17, 15) is 0 Å². The first-order valence-electron chi connectivity index (χ1n) is 19.7. The Labute approximate surface area is 340 Å². The second-order valence-corrected chi connectivity index (χ2v) is 16.2. The van der Waals surface area contributed by atoms with E-state index in [4.69, 9.17) is 23.8 Å². The quantitative estimate of drug-likeness (QED) is 0.178. The minimum Gasteiger partial charge on any atom is -0.456 e. The van der Waals surface area contributed by atoms with Crippen LogP contribution in [0.5, 0.6) is 0 Å². The molecule has 4 heterocycles. The zero-order valence-corrected chi connectivity index (χ0v) is 32.1. The number of aromatic nitrogens is 3. The maximum Gasteiger partial charge on any atom is 0.164 e. The Morgan fingerprint density at radius 2 is 0.966 bits per heavy atom. The molecule has 9 aromatic carbocycles. The molecule has 0 saturated heterocycles. The smallest absolute Gasteiger partial charge is 0.164 e. The predicted molar refractivity (Wildman–Crippen MR) is 244 cm³/mol. The average Bonchev–Trinajstić information content (AvgIpc) is 4.00. The minimum absolute atomic E-state index is 0.581. The highest BCUT2D eigenvalue weighted by Crippen LogP contribution is 2.43. The number of rotatable bonds is 4. The molecule has 0 aliphatic carbocycles. The van der Waals surface area contributed by atoms with E-state index in [0.717, 1.165) is 87.9 Å². The van der Waals surface area contributed by atoms with Crippen LogP contribution < -0.4 is 0 Å². The molecule has 0 saturated carbocycles. The van der Waals surface area contributed by atoms with Gasteiger partial charge in [-0.3, -0.25) is 0 Å². The molecule has 0 atom stereocenters. The Balaban J connectivity index is 1.07. The van der Waals surface area contributed by atoms with E-state index in [0.29, 0.717) is 17.5 Å². The largest absolute Gasteiger partial charge is 0.456 e. The number of nitrogens with zero attached hydrogens (tertiary/aromatic N) is 3. The highest BCUT2D eigenvalue weighted by atomic mass is 32.1. The predicted octanol–water partition coefficient (Wildman–Crippen LogP) is 15.0. The molecule has 4 aromatic heterocycles. The van der Waals surface area contributed by atoms with E-state index in [-0.39, 0.29) is 0 Å². The van der Waals surface area contributed by atoms with Crippen molar-refractivity contribution in [3.8, 4) is 45.3 Å². The van der Waals surface area contributed by atoms with Gasteiger partial charge in [0.1, 0.15) is 22.3 Å².